The lowest BCUT2D eigenvalue weighted by Gasteiger charge is -2.51. The topological polar surface area (TPSA) is 17.1 Å². The minimum absolute atomic E-state index is 0.0968. The molecular formula is C15H28O. The Balaban J connectivity index is 2.88. The second kappa shape index (κ2) is 4.89. The average Bonchev–Trinajstić information content (AvgIpc) is 2.22. The van der Waals surface area contributed by atoms with E-state index in [-0.39, 0.29) is 10.8 Å². The van der Waals surface area contributed by atoms with Crippen molar-refractivity contribution in [2.75, 3.05) is 0 Å². The molecule has 0 aliphatic heterocycles. The molecule has 0 spiro atoms. The van der Waals surface area contributed by atoms with Gasteiger partial charge in [0.05, 0.1) is 0 Å². The Morgan fingerprint density at radius 1 is 1.31 bits per heavy atom. The standard InChI is InChI=1S/C15H28O/c1-6-7-10-13(16)15(5)12(2)9-8-11-14(15,3)4/h12H,6-11H2,1-5H3. The van der Waals surface area contributed by atoms with Gasteiger partial charge in [0.1, 0.15) is 5.78 Å². The molecule has 16 heavy (non-hydrogen) atoms. The average molecular weight is 224 g/mol. The van der Waals surface area contributed by atoms with E-state index in [1.54, 1.807) is 0 Å². The first-order valence-corrected chi connectivity index (χ1v) is 6.89. The Labute approximate surface area is 101 Å². The molecule has 0 bridgehead atoms. The number of rotatable bonds is 4. The molecule has 0 aromatic carbocycles. The summed E-state index contributed by atoms with van der Waals surface area (Å²) in [5, 5.41) is 0. The molecule has 1 aliphatic carbocycles. The van der Waals surface area contributed by atoms with E-state index in [1.165, 1.54) is 19.3 Å². The minimum atomic E-state index is -0.0968. The highest BCUT2D eigenvalue weighted by molar-refractivity contribution is 5.85. The van der Waals surface area contributed by atoms with Crippen LogP contribution in [-0.4, -0.2) is 5.78 Å². The zero-order valence-corrected chi connectivity index (χ0v) is 11.7. The Morgan fingerprint density at radius 2 is 1.94 bits per heavy atom. The molecule has 0 radical (unpaired) electrons. The van der Waals surface area contributed by atoms with Crippen molar-refractivity contribution in [1.29, 1.82) is 0 Å². The van der Waals surface area contributed by atoms with Gasteiger partial charge in [-0.25, -0.2) is 0 Å². The zero-order chi connectivity index (χ0) is 12.4. The molecule has 0 amide bonds. The molecular weight excluding hydrogens is 196 g/mol. The van der Waals surface area contributed by atoms with Crippen molar-refractivity contribution in [3.05, 3.63) is 0 Å². The minimum Gasteiger partial charge on any atom is -0.299 e. The highest BCUT2D eigenvalue weighted by atomic mass is 16.1. The van der Waals surface area contributed by atoms with E-state index >= 15 is 0 Å². The first-order valence-electron chi connectivity index (χ1n) is 6.89. The van der Waals surface area contributed by atoms with Crippen LogP contribution in [0.1, 0.15) is 73.1 Å². The summed E-state index contributed by atoms with van der Waals surface area (Å²) in [6, 6.07) is 0. The van der Waals surface area contributed by atoms with Gasteiger partial charge in [-0.3, -0.25) is 4.79 Å². The Morgan fingerprint density at radius 3 is 2.44 bits per heavy atom. The van der Waals surface area contributed by atoms with Crippen LogP contribution in [0.4, 0.5) is 0 Å². The highest BCUT2D eigenvalue weighted by Crippen LogP contribution is 2.54. The number of Topliss-reactive ketones (excluding diaryl/α,β-unsaturated/α-hetero) is 1. The number of ketones is 1. The Hall–Kier alpha value is -0.330. The van der Waals surface area contributed by atoms with Gasteiger partial charge in [-0.1, -0.05) is 47.5 Å². The maximum Gasteiger partial charge on any atom is 0.139 e. The van der Waals surface area contributed by atoms with Crippen molar-refractivity contribution in [2.24, 2.45) is 16.7 Å². The summed E-state index contributed by atoms with van der Waals surface area (Å²) >= 11 is 0. The van der Waals surface area contributed by atoms with Crippen LogP contribution in [0, 0.1) is 16.7 Å². The van der Waals surface area contributed by atoms with Crippen molar-refractivity contribution >= 4 is 5.78 Å². The van der Waals surface area contributed by atoms with E-state index in [0.29, 0.717) is 11.7 Å². The van der Waals surface area contributed by atoms with Gasteiger partial charge in [0.25, 0.3) is 0 Å². The fourth-order valence-corrected chi connectivity index (χ4v) is 3.31. The molecule has 1 aliphatic rings. The Kier molecular flexibility index (Phi) is 4.20. The second-order valence-electron chi connectivity index (χ2n) is 6.41. The lowest BCUT2D eigenvalue weighted by Crippen LogP contribution is -2.49. The molecule has 1 nitrogen and oxygen atoms in total. The quantitative estimate of drug-likeness (QED) is 0.682. The van der Waals surface area contributed by atoms with Crippen molar-refractivity contribution in [3.63, 3.8) is 0 Å². The van der Waals surface area contributed by atoms with Crippen molar-refractivity contribution in [1.82, 2.24) is 0 Å². The van der Waals surface area contributed by atoms with Crippen LogP contribution in [0.2, 0.25) is 0 Å². The van der Waals surface area contributed by atoms with Gasteiger partial charge in [0, 0.05) is 11.8 Å². The molecule has 1 fully saturated rings. The van der Waals surface area contributed by atoms with Crippen LogP contribution >= 0.6 is 0 Å². The van der Waals surface area contributed by atoms with E-state index < -0.39 is 0 Å². The number of carbonyl (C=O) groups excluding carboxylic acids is 1. The molecule has 0 saturated heterocycles. The normalized spacial score (nSPS) is 33.7. The zero-order valence-electron chi connectivity index (χ0n) is 11.7. The van der Waals surface area contributed by atoms with Crippen LogP contribution in [0.3, 0.4) is 0 Å². The van der Waals surface area contributed by atoms with Crippen LogP contribution in [0.5, 0.6) is 0 Å². The first-order chi connectivity index (χ1) is 7.36. The van der Waals surface area contributed by atoms with Gasteiger partial charge < -0.3 is 0 Å². The number of hydrogen-bond donors (Lipinski definition) is 0. The molecule has 0 aromatic heterocycles. The smallest absolute Gasteiger partial charge is 0.139 e. The first kappa shape index (κ1) is 13.7. The second-order valence-corrected chi connectivity index (χ2v) is 6.41. The lowest BCUT2D eigenvalue weighted by molar-refractivity contribution is -0.143. The van der Waals surface area contributed by atoms with E-state index in [0.717, 1.165) is 19.3 Å². The number of carbonyl (C=O) groups is 1. The van der Waals surface area contributed by atoms with Gasteiger partial charge in [0.15, 0.2) is 0 Å². The highest BCUT2D eigenvalue weighted by Gasteiger charge is 2.51. The molecule has 94 valence electrons. The van der Waals surface area contributed by atoms with E-state index in [4.69, 9.17) is 0 Å². The Bertz CT molecular complexity index is 254. The molecule has 0 heterocycles. The third-order valence-corrected chi connectivity index (χ3v) is 5.17. The third kappa shape index (κ3) is 2.19. The van der Waals surface area contributed by atoms with Crippen LogP contribution in [0.15, 0.2) is 0 Å². The summed E-state index contributed by atoms with van der Waals surface area (Å²) < 4.78 is 0. The van der Waals surface area contributed by atoms with Gasteiger partial charge in [-0.2, -0.15) is 0 Å². The number of hydrogen-bond acceptors (Lipinski definition) is 1. The van der Waals surface area contributed by atoms with E-state index in [1.807, 2.05) is 0 Å². The van der Waals surface area contributed by atoms with Crippen LogP contribution in [0.25, 0.3) is 0 Å². The monoisotopic (exact) mass is 224 g/mol. The maximum absolute atomic E-state index is 12.5. The molecule has 0 aromatic rings. The van der Waals surface area contributed by atoms with Gasteiger partial charge >= 0.3 is 0 Å². The van der Waals surface area contributed by atoms with Crippen LogP contribution in [-0.2, 0) is 4.79 Å². The van der Waals surface area contributed by atoms with Crippen LogP contribution < -0.4 is 0 Å². The molecule has 2 unspecified atom stereocenters. The summed E-state index contributed by atoms with van der Waals surface area (Å²) in [5.74, 6) is 1.05. The largest absolute Gasteiger partial charge is 0.299 e. The van der Waals surface area contributed by atoms with Gasteiger partial charge in [-0.05, 0) is 30.6 Å². The molecule has 1 heteroatoms. The van der Waals surface area contributed by atoms with Crippen molar-refractivity contribution in [2.45, 2.75) is 73.1 Å². The van der Waals surface area contributed by atoms with E-state index in [9.17, 15) is 4.79 Å². The summed E-state index contributed by atoms with van der Waals surface area (Å²) in [4.78, 5) is 12.5. The molecule has 1 saturated carbocycles. The summed E-state index contributed by atoms with van der Waals surface area (Å²) in [6.45, 7) is 11.2. The van der Waals surface area contributed by atoms with E-state index in [2.05, 4.69) is 34.6 Å². The third-order valence-electron chi connectivity index (χ3n) is 5.17. The molecule has 0 N–H and O–H groups in total. The summed E-state index contributed by atoms with van der Waals surface area (Å²) in [6.07, 6.45) is 6.66. The fraction of sp³-hybridized carbons (Fsp3) is 0.933. The predicted molar refractivity (Wildman–Crippen MR) is 69.4 cm³/mol. The van der Waals surface area contributed by atoms with Gasteiger partial charge in [-0.15, -0.1) is 0 Å². The SMILES string of the molecule is CCCCC(=O)C1(C)C(C)CCCC1(C)C. The molecule has 2 atom stereocenters. The van der Waals surface area contributed by atoms with Crippen molar-refractivity contribution < 1.29 is 4.79 Å². The summed E-state index contributed by atoms with van der Waals surface area (Å²) in [5.41, 5.74) is 0.0793. The number of unbranched alkanes of at least 4 members (excludes halogenated alkanes) is 1. The van der Waals surface area contributed by atoms with Crippen molar-refractivity contribution in [3.8, 4) is 0 Å². The predicted octanol–water partition coefficient (Wildman–Crippen LogP) is 4.60. The fourth-order valence-electron chi connectivity index (χ4n) is 3.31. The molecule has 1 rings (SSSR count). The lowest BCUT2D eigenvalue weighted by atomic mass is 9.52. The summed E-state index contributed by atoms with van der Waals surface area (Å²) in [7, 11) is 0. The van der Waals surface area contributed by atoms with Gasteiger partial charge in [0.2, 0.25) is 0 Å². The maximum atomic E-state index is 12.5.